The summed E-state index contributed by atoms with van der Waals surface area (Å²) < 4.78 is 5.41. The highest BCUT2D eigenvalue weighted by molar-refractivity contribution is 5.94. The summed E-state index contributed by atoms with van der Waals surface area (Å²) in [5.41, 5.74) is 1.05. The second kappa shape index (κ2) is 4.16. The van der Waals surface area contributed by atoms with Crippen LogP contribution in [0.5, 0.6) is 5.75 Å². The molecule has 0 amide bonds. The largest absolute Gasteiger partial charge is 0.496 e. The molecule has 0 bridgehead atoms. The van der Waals surface area contributed by atoms with Crippen LogP contribution < -0.4 is 10.1 Å². The highest BCUT2D eigenvalue weighted by atomic mass is 16.5. The maximum atomic E-state index is 5.41. The number of hydrogen-bond donors (Lipinski definition) is 1. The highest BCUT2D eigenvalue weighted by Gasteiger charge is 2.31. The molecule has 0 aromatic heterocycles. The van der Waals surface area contributed by atoms with E-state index in [0.717, 1.165) is 24.7 Å². The lowest BCUT2D eigenvalue weighted by Crippen LogP contribution is -2.37. The van der Waals surface area contributed by atoms with Crippen molar-refractivity contribution in [2.24, 2.45) is 4.99 Å². The Morgan fingerprint density at radius 3 is 2.69 bits per heavy atom. The first-order valence-electron chi connectivity index (χ1n) is 5.58. The number of benzene rings is 1. The van der Waals surface area contributed by atoms with Crippen LogP contribution in [-0.4, -0.2) is 26.0 Å². The number of ether oxygens (including phenoxy) is 1. The molecule has 0 fully saturated rings. The standard InChI is InChI=1S/C13H18N2O/c1-13(2,12-14-8-9-15-12)10-6-4-5-7-11(10)16-3/h4-7H,8-9H2,1-3H3,(H,14,15). The number of aliphatic imine (C=N–C) groups is 1. The Balaban J connectivity index is 2.41. The van der Waals surface area contributed by atoms with Gasteiger partial charge in [0.05, 0.1) is 19.1 Å². The van der Waals surface area contributed by atoms with Crippen LogP contribution in [-0.2, 0) is 5.41 Å². The van der Waals surface area contributed by atoms with E-state index in [0.29, 0.717) is 0 Å². The van der Waals surface area contributed by atoms with Crippen LogP contribution in [0, 0.1) is 0 Å². The average molecular weight is 218 g/mol. The molecule has 1 aromatic carbocycles. The van der Waals surface area contributed by atoms with Gasteiger partial charge in [-0.3, -0.25) is 4.99 Å². The van der Waals surface area contributed by atoms with Gasteiger partial charge in [0.1, 0.15) is 11.6 Å². The predicted octanol–water partition coefficient (Wildman–Crippen LogP) is 1.97. The van der Waals surface area contributed by atoms with Gasteiger partial charge in [0, 0.05) is 12.1 Å². The molecule has 1 N–H and O–H groups in total. The number of methoxy groups -OCH3 is 1. The first-order valence-corrected chi connectivity index (χ1v) is 5.58. The number of para-hydroxylation sites is 1. The Bertz CT molecular complexity index is 410. The molecule has 1 heterocycles. The van der Waals surface area contributed by atoms with Gasteiger partial charge >= 0.3 is 0 Å². The Kier molecular flexibility index (Phi) is 2.86. The van der Waals surface area contributed by atoms with Gasteiger partial charge in [-0.25, -0.2) is 0 Å². The Labute approximate surface area is 96.5 Å². The quantitative estimate of drug-likeness (QED) is 0.841. The molecule has 0 unspecified atom stereocenters. The molecular weight excluding hydrogens is 200 g/mol. The smallest absolute Gasteiger partial charge is 0.123 e. The van der Waals surface area contributed by atoms with Crippen molar-refractivity contribution in [3.8, 4) is 5.75 Å². The van der Waals surface area contributed by atoms with E-state index in [-0.39, 0.29) is 5.41 Å². The minimum absolute atomic E-state index is 0.122. The Morgan fingerprint density at radius 2 is 2.06 bits per heavy atom. The van der Waals surface area contributed by atoms with Gasteiger partial charge in [-0.15, -0.1) is 0 Å². The van der Waals surface area contributed by atoms with Crippen LogP contribution in [0.2, 0.25) is 0 Å². The third kappa shape index (κ3) is 1.77. The Hall–Kier alpha value is -1.51. The van der Waals surface area contributed by atoms with E-state index in [1.54, 1.807) is 7.11 Å². The van der Waals surface area contributed by atoms with E-state index >= 15 is 0 Å². The molecule has 0 aliphatic carbocycles. The van der Waals surface area contributed by atoms with Gasteiger partial charge in [-0.2, -0.15) is 0 Å². The lowest BCUT2D eigenvalue weighted by molar-refractivity contribution is 0.403. The van der Waals surface area contributed by atoms with E-state index < -0.39 is 0 Å². The fourth-order valence-corrected chi connectivity index (χ4v) is 2.11. The van der Waals surface area contributed by atoms with Gasteiger partial charge in [-0.1, -0.05) is 18.2 Å². The van der Waals surface area contributed by atoms with E-state index in [1.807, 2.05) is 18.2 Å². The van der Waals surface area contributed by atoms with Crippen molar-refractivity contribution in [2.75, 3.05) is 20.2 Å². The second-order valence-corrected chi connectivity index (χ2v) is 4.48. The van der Waals surface area contributed by atoms with E-state index in [1.165, 1.54) is 5.56 Å². The third-order valence-electron chi connectivity index (χ3n) is 3.05. The zero-order valence-electron chi connectivity index (χ0n) is 10.1. The molecule has 0 radical (unpaired) electrons. The molecule has 1 aliphatic heterocycles. The highest BCUT2D eigenvalue weighted by Crippen LogP contribution is 2.32. The monoisotopic (exact) mass is 218 g/mol. The van der Waals surface area contributed by atoms with Gasteiger partial charge in [0.15, 0.2) is 0 Å². The molecule has 1 aromatic rings. The van der Waals surface area contributed by atoms with Crippen LogP contribution in [0.1, 0.15) is 19.4 Å². The number of rotatable bonds is 3. The molecule has 86 valence electrons. The molecule has 3 heteroatoms. The van der Waals surface area contributed by atoms with Crippen LogP contribution >= 0.6 is 0 Å². The summed E-state index contributed by atoms with van der Waals surface area (Å²) in [7, 11) is 1.71. The molecule has 1 aliphatic rings. The maximum Gasteiger partial charge on any atom is 0.123 e. The van der Waals surface area contributed by atoms with Crippen molar-refractivity contribution >= 4 is 5.84 Å². The molecule has 16 heavy (non-hydrogen) atoms. The summed E-state index contributed by atoms with van der Waals surface area (Å²) in [6.07, 6.45) is 0. The predicted molar refractivity (Wildman–Crippen MR) is 66.3 cm³/mol. The SMILES string of the molecule is COc1ccccc1C(C)(C)C1=NCCN1. The lowest BCUT2D eigenvalue weighted by Gasteiger charge is -2.27. The van der Waals surface area contributed by atoms with Crippen molar-refractivity contribution in [2.45, 2.75) is 19.3 Å². The molecular formula is C13H18N2O. The van der Waals surface area contributed by atoms with Crippen LogP contribution in [0.4, 0.5) is 0 Å². The van der Waals surface area contributed by atoms with Gasteiger partial charge in [0.25, 0.3) is 0 Å². The fraction of sp³-hybridized carbons (Fsp3) is 0.462. The summed E-state index contributed by atoms with van der Waals surface area (Å²) in [5.74, 6) is 1.97. The molecule has 0 saturated heterocycles. The first-order chi connectivity index (χ1) is 7.66. The summed E-state index contributed by atoms with van der Waals surface area (Å²) >= 11 is 0. The summed E-state index contributed by atoms with van der Waals surface area (Å²) in [4.78, 5) is 4.51. The van der Waals surface area contributed by atoms with Crippen molar-refractivity contribution in [3.63, 3.8) is 0 Å². The lowest BCUT2D eigenvalue weighted by atomic mass is 9.82. The zero-order chi connectivity index (χ0) is 11.6. The minimum Gasteiger partial charge on any atom is -0.496 e. The zero-order valence-corrected chi connectivity index (χ0v) is 10.1. The summed E-state index contributed by atoms with van der Waals surface area (Å²) in [6, 6.07) is 8.12. The maximum absolute atomic E-state index is 5.41. The van der Waals surface area contributed by atoms with Crippen molar-refractivity contribution < 1.29 is 4.74 Å². The summed E-state index contributed by atoms with van der Waals surface area (Å²) in [5, 5.41) is 3.34. The van der Waals surface area contributed by atoms with Crippen molar-refractivity contribution in [3.05, 3.63) is 29.8 Å². The summed E-state index contributed by atoms with van der Waals surface area (Å²) in [6.45, 7) is 6.14. The van der Waals surface area contributed by atoms with E-state index in [9.17, 15) is 0 Å². The van der Waals surface area contributed by atoms with Crippen molar-refractivity contribution in [1.82, 2.24) is 5.32 Å². The third-order valence-corrected chi connectivity index (χ3v) is 3.05. The van der Waals surface area contributed by atoms with Gasteiger partial charge in [-0.05, 0) is 19.9 Å². The van der Waals surface area contributed by atoms with Gasteiger partial charge in [0.2, 0.25) is 0 Å². The number of nitrogens with one attached hydrogen (secondary N) is 1. The molecule has 2 rings (SSSR count). The van der Waals surface area contributed by atoms with Gasteiger partial charge < -0.3 is 10.1 Å². The number of nitrogens with zero attached hydrogens (tertiary/aromatic N) is 1. The normalized spacial score (nSPS) is 15.6. The van der Waals surface area contributed by atoms with Crippen LogP contribution in [0.15, 0.2) is 29.3 Å². The molecule has 0 saturated carbocycles. The second-order valence-electron chi connectivity index (χ2n) is 4.48. The molecule has 3 nitrogen and oxygen atoms in total. The van der Waals surface area contributed by atoms with Crippen LogP contribution in [0.25, 0.3) is 0 Å². The Morgan fingerprint density at radius 1 is 1.31 bits per heavy atom. The number of amidine groups is 1. The van der Waals surface area contributed by atoms with Crippen molar-refractivity contribution in [1.29, 1.82) is 0 Å². The minimum atomic E-state index is -0.122. The molecule has 0 spiro atoms. The topological polar surface area (TPSA) is 33.6 Å². The molecule has 0 atom stereocenters. The first kappa shape index (κ1) is 11.0. The van der Waals surface area contributed by atoms with E-state index in [2.05, 4.69) is 30.2 Å². The number of hydrogen-bond acceptors (Lipinski definition) is 3. The van der Waals surface area contributed by atoms with Crippen LogP contribution in [0.3, 0.4) is 0 Å². The van der Waals surface area contributed by atoms with E-state index in [4.69, 9.17) is 4.74 Å². The fourth-order valence-electron chi connectivity index (χ4n) is 2.11. The average Bonchev–Trinajstić information content (AvgIpc) is 2.83.